The van der Waals surface area contributed by atoms with Crippen molar-refractivity contribution in [1.82, 2.24) is 0 Å². The molecule has 0 bridgehead atoms. The Bertz CT molecular complexity index is 198. The molecule has 12 heavy (non-hydrogen) atoms. The van der Waals surface area contributed by atoms with Gasteiger partial charge in [-0.2, -0.15) is 0 Å². The van der Waals surface area contributed by atoms with Gasteiger partial charge in [-0.05, 0) is 6.42 Å². The van der Waals surface area contributed by atoms with E-state index >= 15 is 0 Å². The monoisotopic (exact) mass is 206 g/mol. The van der Waals surface area contributed by atoms with Gasteiger partial charge in [-0.1, -0.05) is 6.92 Å². The average molecular weight is 206 g/mol. The molecule has 0 aromatic carbocycles. The molecule has 0 aromatic heterocycles. The standard InChI is InChI=1S/C5H12O5S.Na/c1-3-4(10-2)5(6)11(7,8)9;/h4-6H,3H2,1-2H3,(H,7,8,9);/q;+1/p-1. The summed E-state index contributed by atoms with van der Waals surface area (Å²) in [4.78, 5) is 0. The summed E-state index contributed by atoms with van der Waals surface area (Å²) in [6.07, 6.45) is -0.656. The summed E-state index contributed by atoms with van der Waals surface area (Å²) in [5.41, 5.74) is -1.96. The van der Waals surface area contributed by atoms with E-state index in [1.54, 1.807) is 6.92 Å². The van der Waals surface area contributed by atoms with Crippen LogP contribution in [0.4, 0.5) is 0 Å². The largest absolute Gasteiger partial charge is 1.00 e. The van der Waals surface area contributed by atoms with E-state index in [0.29, 0.717) is 0 Å². The number of aliphatic hydroxyl groups excluding tert-OH is 1. The molecule has 0 spiro atoms. The van der Waals surface area contributed by atoms with Gasteiger partial charge in [-0.3, -0.25) is 0 Å². The van der Waals surface area contributed by atoms with Crippen LogP contribution in [0, 0.1) is 0 Å². The molecule has 1 N–H and O–H groups in total. The van der Waals surface area contributed by atoms with Crippen molar-refractivity contribution in [3.63, 3.8) is 0 Å². The summed E-state index contributed by atoms with van der Waals surface area (Å²) in [6.45, 7) is 1.61. The Morgan fingerprint density at radius 3 is 2.08 bits per heavy atom. The number of rotatable bonds is 4. The van der Waals surface area contributed by atoms with Gasteiger partial charge in [0, 0.05) is 7.11 Å². The Hall–Kier alpha value is 0.830. The van der Waals surface area contributed by atoms with Crippen molar-refractivity contribution >= 4 is 10.1 Å². The van der Waals surface area contributed by atoms with Gasteiger partial charge in [0.2, 0.25) is 0 Å². The van der Waals surface area contributed by atoms with Gasteiger partial charge >= 0.3 is 29.6 Å². The second kappa shape index (κ2) is 6.31. The van der Waals surface area contributed by atoms with E-state index in [1.165, 1.54) is 7.11 Å². The Labute approximate surface area is 94.1 Å². The summed E-state index contributed by atoms with van der Waals surface area (Å²) in [6, 6.07) is 0. The van der Waals surface area contributed by atoms with Gasteiger partial charge in [0.1, 0.15) is 10.1 Å². The van der Waals surface area contributed by atoms with Crippen LogP contribution < -0.4 is 29.6 Å². The molecule has 7 heteroatoms. The maximum absolute atomic E-state index is 10.2. The Kier molecular flexibility index (Phi) is 8.05. The van der Waals surface area contributed by atoms with Crippen LogP contribution in [0.5, 0.6) is 0 Å². The molecule has 0 aliphatic carbocycles. The molecule has 0 aliphatic rings. The van der Waals surface area contributed by atoms with Gasteiger partial charge in [-0.15, -0.1) is 0 Å². The summed E-state index contributed by atoms with van der Waals surface area (Å²) in [5.74, 6) is 0. The van der Waals surface area contributed by atoms with E-state index in [2.05, 4.69) is 4.74 Å². The molecular weight excluding hydrogens is 195 g/mol. The number of aliphatic hydroxyl groups is 1. The van der Waals surface area contributed by atoms with Gasteiger partial charge < -0.3 is 14.4 Å². The zero-order valence-corrected chi connectivity index (χ0v) is 10.2. The molecule has 2 unspecified atom stereocenters. The Balaban J connectivity index is 0. The topological polar surface area (TPSA) is 86.7 Å². The smallest absolute Gasteiger partial charge is 0.746 e. The van der Waals surface area contributed by atoms with E-state index in [4.69, 9.17) is 5.11 Å². The van der Waals surface area contributed by atoms with Crippen molar-refractivity contribution in [2.45, 2.75) is 24.9 Å². The molecule has 0 aliphatic heterocycles. The quantitative estimate of drug-likeness (QED) is 0.377. The first-order valence-electron chi connectivity index (χ1n) is 3.09. The van der Waals surface area contributed by atoms with E-state index in [0.717, 1.165) is 0 Å². The first kappa shape index (κ1) is 15.3. The third-order valence-corrected chi connectivity index (χ3v) is 2.21. The van der Waals surface area contributed by atoms with Crippen LogP contribution in [0.15, 0.2) is 0 Å². The molecule has 0 radical (unpaired) electrons. The average Bonchev–Trinajstić information content (AvgIpc) is 1.88. The predicted octanol–water partition coefficient (Wildman–Crippen LogP) is -3.72. The van der Waals surface area contributed by atoms with Crippen molar-refractivity contribution in [2.24, 2.45) is 0 Å². The zero-order chi connectivity index (χ0) is 9.07. The van der Waals surface area contributed by atoms with Crippen molar-refractivity contribution in [3.05, 3.63) is 0 Å². The minimum absolute atomic E-state index is 0. The minimum atomic E-state index is -4.65. The van der Waals surface area contributed by atoms with Gasteiger partial charge in [-0.25, -0.2) is 8.42 Å². The van der Waals surface area contributed by atoms with Crippen LogP contribution in [0.1, 0.15) is 13.3 Å². The van der Waals surface area contributed by atoms with Crippen molar-refractivity contribution in [3.8, 4) is 0 Å². The number of hydrogen-bond acceptors (Lipinski definition) is 5. The van der Waals surface area contributed by atoms with E-state index in [1.807, 2.05) is 0 Å². The molecule has 0 saturated carbocycles. The molecule has 68 valence electrons. The summed E-state index contributed by atoms with van der Waals surface area (Å²) >= 11 is 0. The molecule has 5 nitrogen and oxygen atoms in total. The van der Waals surface area contributed by atoms with E-state index in [9.17, 15) is 13.0 Å². The second-order valence-electron chi connectivity index (χ2n) is 2.07. The third-order valence-electron chi connectivity index (χ3n) is 1.32. The van der Waals surface area contributed by atoms with Crippen LogP contribution in [0.25, 0.3) is 0 Å². The Morgan fingerprint density at radius 2 is 2.00 bits per heavy atom. The molecule has 2 atom stereocenters. The fraction of sp³-hybridized carbons (Fsp3) is 1.00. The van der Waals surface area contributed by atoms with E-state index in [-0.39, 0.29) is 36.0 Å². The first-order chi connectivity index (χ1) is 4.93. The van der Waals surface area contributed by atoms with Crippen molar-refractivity contribution < 1.29 is 52.4 Å². The summed E-state index contributed by atoms with van der Waals surface area (Å²) in [5, 5.41) is 8.82. The SMILES string of the molecule is CCC(OC)C(O)S(=O)(=O)[O-].[Na+]. The van der Waals surface area contributed by atoms with Crippen LogP contribution in [-0.4, -0.2) is 36.7 Å². The Morgan fingerprint density at radius 1 is 1.58 bits per heavy atom. The van der Waals surface area contributed by atoms with Crippen LogP contribution in [-0.2, 0) is 14.9 Å². The molecule has 0 amide bonds. The second-order valence-corrected chi connectivity index (χ2v) is 3.53. The maximum atomic E-state index is 10.2. The summed E-state index contributed by atoms with van der Waals surface area (Å²) < 4.78 is 35.2. The van der Waals surface area contributed by atoms with Crippen LogP contribution in [0.2, 0.25) is 0 Å². The first-order valence-corrected chi connectivity index (χ1v) is 4.56. The van der Waals surface area contributed by atoms with E-state index < -0.39 is 21.7 Å². The fourth-order valence-corrected chi connectivity index (χ4v) is 1.35. The number of hydrogen-bond donors (Lipinski definition) is 1. The summed E-state index contributed by atoms with van der Waals surface area (Å²) in [7, 11) is -3.41. The molecule has 0 rings (SSSR count). The third kappa shape index (κ3) is 4.76. The predicted molar refractivity (Wildman–Crippen MR) is 36.8 cm³/mol. The van der Waals surface area contributed by atoms with Gasteiger partial charge in [0.05, 0.1) is 6.10 Å². The minimum Gasteiger partial charge on any atom is -0.746 e. The van der Waals surface area contributed by atoms with Crippen LogP contribution in [0.3, 0.4) is 0 Å². The molecule has 0 heterocycles. The van der Waals surface area contributed by atoms with Crippen molar-refractivity contribution in [1.29, 1.82) is 0 Å². The fourth-order valence-electron chi connectivity index (χ4n) is 0.671. The molecule has 0 saturated heterocycles. The van der Waals surface area contributed by atoms with Gasteiger partial charge in [0.25, 0.3) is 0 Å². The molecule has 0 fully saturated rings. The molecular formula is C5H11NaO5S. The zero-order valence-electron chi connectivity index (χ0n) is 7.35. The normalized spacial score (nSPS) is 16.3. The maximum Gasteiger partial charge on any atom is 1.00 e. The number of ether oxygens (including phenoxy) is 1. The van der Waals surface area contributed by atoms with Crippen molar-refractivity contribution in [2.75, 3.05) is 7.11 Å². The van der Waals surface area contributed by atoms with Gasteiger partial charge in [0.15, 0.2) is 5.44 Å². The molecule has 0 aromatic rings. The number of methoxy groups -OCH3 is 1. The van der Waals surface area contributed by atoms with Crippen LogP contribution >= 0.6 is 0 Å².